The van der Waals surface area contributed by atoms with Crippen LogP contribution in [0.4, 0.5) is 0 Å². The van der Waals surface area contributed by atoms with Gasteiger partial charge in [-0.2, -0.15) is 0 Å². The smallest absolute Gasteiger partial charge is 0.334 e. The molecule has 0 fully saturated rings. The summed E-state index contributed by atoms with van der Waals surface area (Å²) in [5.74, 6) is 0.724. The molecule has 2 aliphatic carbocycles. The predicted molar refractivity (Wildman–Crippen MR) is 50.1 cm³/mol. The monoisotopic (exact) mass is 178 g/mol. The summed E-state index contributed by atoms with van der Waals surface area (Å²) in [4.78, 5) is 11.5. The van der Waals surface area contributed by atoms with Crippen LogP contribution in [0, 0.1) is 11.8 Å². The van der Waals surface area contributed by atoms with E-state index >= 15 is 0 Å². The van der Waals surface area contributed by atoms with Gasteiger partial charge in [-0.3, -0.25) is 0 Å². The third-order valence-corrected chi connectivity index (χ3v) is 2.58. The minimum Gasteiger partial charge on any atom is -0.462 e. The Bertz CT molecular complexity index is 276. The van der Waals surface area contributed by atoms with Crippen molar-refractivity contribution in [1.82, 2.24) is 0 Å². The van der Waals surface area contributed by atoms with E-state index in [1.54, 1.807) is 0 Å². The van der Waals surface area contributed by atoms with Crippen LogP contribution >= 0.6 is 0 Å². The minimum absolute atomic E-state index is 0.112. The van der Waals surface area contributed by atoms with Gasteiger partial charge in [0.15, 0.2) is 0 Å². The van der Waals surface area contributed by atoms with Crippen molar-refractivity contribution in [2.75, 3.05) is 6.61 Å². The van der Waals surface area contributed by atoms with E-state index in [4.69, 9.17) is 4.74 Å². The highest BCUT2D eigenvalue weighted by Crippen LogP contribution is 2.38. The summed E-state index contributed by atoms with van der Waals surface area (Å²) in [6.07, 6.45) is 8.30. The van der Waals surface area contributed by atoms with Crippen LogP contribution in [0.2, 0.25) is 0 Å². The SMILES string of the molecule is CCCOC(=O)C1=CC2C=CC1C2. The molecule has 2 heteroatoms. The van der Waals surface area contributed by atoms with Crippen LogP contribution in [-0.4, -0.2) is 12.6 Å². The lowest BCUT2D eigenvalue weighted by molar-refractivity contribution is -0.139. The van der Waals surface area contributed by atoms with Crippen LogP contribution in [0.15, 0.2) is 23.8 Å². The molecule has 13 heavy (non-hydrogen) atoms. The molecule has 70 valence electrons. The number of allylic oxidation sites excluding steroid dienone is 3. The van der Waals surface area contributed by atoms with E-state index in [0.717, 1.165) is 18.4 Å². The molecule has 0 aromatic rings. The van der Waals surface area contributed by atoms with Crippen LogP contribution < -0.4 is 0 Å². The van der Waals surface area contributed by atoms with Crippen molar-refractivity contribution in [1.29, 1.82) is 0 Å². The Labute approximate surface area is 78.3 Å². The number of hydrogen-bond acceptors (Lipinski definition) is 2. The number of rotatable bonds is 3. The highest BCUT2D eigenvalue weighted by Gasteiger charge is 2.32. The van der Waals surface area contributed by atoms with Crippen molar-refractivity contribution < 1.29 is 9.53 Å². The molecular weight excluding hydrogens is 164 g/mol. The van der Waals surface area contributed by atoms with E-state index in [-0.39, 0.29) is 5.97 Å². The molecule has 2 unspecified atom stereocenters. The number of carbonyl (C=O) groups is 1. The lowest BCUT2D eigenvalue weighted by Crippen LogP contribution is -2.12. The van der Waals surface area contributed by atoms with Gasteiger partial charge < -0.3 is 4.74 Å². The molecule has 0 amide bonds. The van der Waals surface area contributed by atoms with E-state index in [1.807, 2.05) is 13.0 Å². The maximum absolute atomic E-state index is 11.5. The fourth-order valence-electron chi connectivity index (χ4n) is 1.93. The topological polar surface area (TPSA) is 26.3 Å². The summed E-state index contributed by atoms with van der Waals surface area (Å²) < 4.78 is 5.09. The van der Waals surface area contributed by atoms with Crippen molar-refractivity contribution in [3.63, 3.8) is 0 Å². The van der Waals surface area contributed by atoms with Crippen molar-refractivity contribution >= 4 is 5.97 Å². The van der Waals surface area contributed by atoms with Gasteiger partial charge in [0.05, 0.1) is 6.61 Å². The van der Waals surface area contributed by atoms with Gasteiger partial charge in [-0.05, 0) is 18.8 Å². The third kappa shape index (κ3) is 1.53. The maximum Gasteiger partial charge on any atom is 0.334 e. The molecular formula is C11H14O2. The molecule has 0 aliphatic heterocycles. The van der Waals surface area contributed by atoms with Crippen LogP contribution in [0.1, 0.15) is 19.8 Å². The molecule has 0 saturated heterocycles. The second kappa shape index (κ2) is 3.36. The lowest BCUT2D eigenvalue weighted by Gasteiger charge is -2.08. The van der Waals surface area contributed by atoms with Gasteiger partial charge in [0.2, 0.25) is 0 Å². The van der Waals surface area contributed by atoms with E-state index in [1.165, 1.54) is 0 Å². The van der Waals surface area contributed by atoms with Crippen molar-refractivity contribution in [3.05, 3.63) is 23.8 Å². The zero-order valence-corrected chi connectivity index (χ0v) is 7.82. The minimum atomic E-state index is -0.112. The number of carbonyl (C=O) groups excluding carboxylic acids is 1. The predicted octanol–water partition coefficient (Wildman–Crippen LogP) is 2.07. The van der Waals surface area contributed by atoms with Crippen molar-refractivity contribution in [2.45, 2.75) is 19.8 Å². The summed E-state index contributed by atoms with van der Waals surface area (Å²) >= 11 is 0. The largest absolute Gasteiger partial charge is 0.462 e. The lowest BCUT2D eigenvalue weighted by atomic mass is 10.0. The molecule has 2 bridgehead atoms. The summed E-state index contributed by atoms with van der Waals surface area (Å²) in [6.45, 7) is 2.54. The van der Waals surface area contributed by atoms with Gasteiger partial charge in [-0.25, -0.2) is 4.79 Å². The molecule has 2 nitrogen and oxygen atoms in total. The average molecular weight is 178 g/mol. The van der Waals surface area contributed by atoms with Crippen LogP contribution in [-0.2, 0) is 9.53 Å². The molecule has 2 atom stereocenters. The second-order valence-electron chi connectivity index (χ2n) is 3.65. The van der Waals surface area contributed by atoms with E-state index in [9.17, 15) is 4.79 Å². The molecule has 0 spiro atoms. The molecule has 0 aromatic heterocycles. The number of ether oxygens (including phenoxy) is 1. The molecule has 0 aromatic carbocycles. The Morgan fingerprint density at radius 2 is 2.46 bits per heavy atom. The summed E-state index contributed by atoms with van der Waals surface area (Å²) in [5, 5.41) is 0. The Morgan fingerprint density at radius 1 is 1.62 bits per heavy atom. The number of esters is 1. The van der Waals surface area contributed by atoms with Gasteiger partial charge in [-0.1, -0.05) is 25.2 Å². The molecule has 0 radical (unpaired) electrons. The van der Waals surface area contributed by atoms with Gasteiger partial charge >= 0.3 is 5.97 Å². The fraction of sp³-hybridized carbons (Fsp3) is 0.545. The number of hydrogen-bond donors (Lipinski definition) is 0. The van der Waals surface area contributed by atoms with Crippen LogP contribution in [0.25, 0.3) is 0 Å². The number of fused-ring (bicyclic) bond motifs is 2. The summed E-state index contributed by atoms with van der Waals surface area (Å²) in [5.41, 5.74) is 0.876. The second-order valence-corrected chi connectivity index (χ2v) is 3.65. The highest BCUT2D eigenvalue weighted by atomic mass is 16.5. The van der Waals surface area contributed by atoms with Gasteiger partial charge in [0, 0.05) is 11.5 Å². The third-order valence-electron chi connectivity index (χ3n) is 2.58. The zero-order valence-electron chi connectivity index (χ0n) is 7.82. The quantitative estimate of drug-likeness (QED) is 0.488. The maximum atomic E-state index is 11.5. The first-order chi connectivity index (χ1) is 6.31. The molecule has 0 heterocycles. The first-order valence-corrected chi connectivity index (χ1v) is 4.88. The normalized spacial score (nSPS) is 29.2. The highest BCUT2D eigenvalue weighted by molar-refractivity contribution is 5.90. The van der Waals surface area contributed by atoms with Crippen LogP contribution in [0.5, 0.6) is 0 Å². The summed E-state index contributed by atoms with van der Waals surface area (Å²) in [6, 6.07) is 0. The molecule has 0 saturated carbocycles. The van der Waals surface area contributed by atoms with Gasteiger partial charge in [0.1, 0.15) is 0 Å². The fourth-order valence-corrected chi connectivity index (χ4v) is 1.93. The van der Waals surface area contributed by atoms with Gasteiger partial charge in [-0.15, -0.1) is 0 Å². The Balaban J connectivity index is 1.95. The molecule has 0 N–H and O–H groups in total. The first-order valence-electron chi connectivity index (χ1n) is 4.88. The zero-order chi connectivity index (χ0) is 9.26. The standard InChI is InChI=1S/C11H14O2/c1-2-5-13-11(12)10-7-8-3-4-9(10)6-8/h3-4,7-9H,2,5-6H2,1H3. The van der Waals surface area contributed by atoms with Crippen LogP contribution in [0.3, 0.4) is 0 Å². The van der Waals surface area contributed by atoms with E-state index < -0.39 is 0 Å². The van der Waals surface area contributed by atoms with E-state index in [0.29, 0.717) is 18.4 Å². The Morgan fingerprint density at radius 3 is 3.00 bits per heavy atom. The Hall–Kier alpha value is -1.05. The van der Waals surface area contributed by atoms with Crippen molar-refractivity contribution in [3.8, 4) is 0 Å². The van der Waals surface area contributed by atoms with E-state index in [2.05, 4.69) is 12.2 Å². The summed E-state index contributed by atoms with van der Waals surface area (Å²) in [7, 11) is 0. The average Bonchev–Trinajstić information content (AvgIpc) is 2.74. The molecule has 2 rings (SSSR count). The molecule has 2 aliphatic rings. The first kappa shape index (κ1) is 8.54. The van der Waals surface area contributed by atoms with Crippen molar-refractivity contribution in [2.24, 2.45) is 11.8 Å². The van der Waals surface area contributed by atoms with Gasteiger partial charge in [0.25, 0.3) is 0 Å². The Kier molecular flexibility index (Phi) is 2.21.